The van der Waals surface area contributed by atoms with Gasteiger partial charge < -0.3 is 5.73 Å². The molecule has 1 aliphatic heterocycles. The highest BCUT2D eigenvalue weighted by molar-refractivity contribution is 7.15. The maximum absolute atomic E-state index is 5.75. The molecule has 106 valence electrons. The van der Waals surface area contributed by atoms with E-state index in [0.29, 0.717) is 0 Å². The van der Waals surface area contributed by atoms with E-state index in [-0.39, 0.29) is 0 Å². The number of thiophene rings is 1. The van der Waals surface area contributed by atoms with E-state index >= 15 is 0 Å². The lowest BCUT2D eigenvalue weighted by atomic mass is 9.97. The van der Waals surface area contributed by atoms with Crippen LogP contribution in [0, 0.1) is 5.92 Å². The minimum atomic E-state index is 0.735. The standard InChI is InChI=1S/C16H21N3S/c17-11-13-6-9-19(10-7-13)12-14-4-5-16(20-14)15-3-1-2-8-18-15/h1-5,8,13H,6-7,9-12,17H2. The molecule has 2 aromatic rings. The van der Waals surface area contributed by atoms with Crippen LogP contribution in [0.25, 0.3) is 10.6 Å². The van der Waals surface area contributed by atoms with Crippen LogP contribution in [-0.4, -0.2) is 29.5 Å². The van der Waals surface area contributed by atoms with Crippen LogP contribution >= 0.6 is 11.3 Å². The number of rotatable bonds is 4. The Morgan fingerprint density at radius 3 is 2.75 bits per heavy atom. The number of piperidine rings is 1. The molecule has 1 aliphatic rings. The van der Waals surface area contributed by atoms with Crippen LogP contribution < -0.4 is 5.73 Å². The third-order valence-electron chi connectivity index (χ3n) is 4.00. The first kappa shape index (κ1) is 13.7. The molecule has 2 N–H and O–H groups in total. The van der Waals surface area contributed by atoms with E-state index in [0.717, 1.165) is 24.7 Å². The summed E-state index contributed by atoms with van der Waals surface area (Å²) in [5, 5.41) is 0. The summed E-state index contributed by atoms with van der Waals surface area (Å²) >= 11 is 1.86. The molecule has 4 heteroatoms. The zero-order valence-electron chi connectivity index (χ0n) is 11.7. The Morgan fingerprint density at radius 2 is 2.05 bits per heavy atom. The summed E-state index contributed by atoms with van der Waals surface area (Å²) in [5.41, 5.74) is 6.82. The Labute approximate surface area is 124 Å². The maximum Gasteiger partial charge on any atom is 0.0801 e. The maximum atomic E-state index is 5.75. The fourth-order valence-electron chi connectivity index (χ4n) is 2.71. The zero-order chi connectivity index (χ0) is 13.8. The topological polar surface area (TPSA) is 42.1 Å². The first-order valence-electron chi connectivity index (χ1n) is 7.27. The number of nitrogens with zero attached hydrogens (tertiary/aromatic N) is 2. The molecule has 0 spiro atoms. The Bertz CT molecular complexity index is 530. The predicted octanol–water partition coefficient (Wildman–Crippen LogP) is 2.98. The van der Waals surface area contributed by atoms with Gasteiger partial charge >= 0.3 is 0 Å². The van der Waals surface area contributed by atoms with Gasteiger partial charge in [-0.15, -0.1) is 11.3 Å². The van der Waals surface area contributed by atoms with E-state index < -0.39 is 0 Å². The lowest BCUT2D eigenvalue weighted by Gasteiger charge is -2.30. The van der Waals surface area contributed by atoms with Crippen LogP contribution in [0.2, 0.25) is 0 Å². The summed E-state index contributed by atoms with van der Waals surface area (Å²) in [6.07, 6.45) is 4.34. The second-order valence-electron chi connectivity index (χ2n) is 5.44. The van der Waals surface area contributed by atoms with Crippen LogP contribution in [0.3, 0.4) is 0 Å². The highest BCUT2D eigenvalue weighted by Gasteiger charge is 2.18. The van der Waals surface area contributed by atoms with Gasteiger partial charge in [0.2, 0.25) is 0 Å². The van der Waals surface area contributed by atoms with E-state index in [1.807, 2.05) is 29.7 Å². The number of aromatic nitrogens is 1. The average Bonchev–Trinajstić information content (AvgIpc) is 2.97. The van der Waals surface area contributed by atoms with Gasteiger partial charge in [-0.25, -0.2) is 0 Å². The molecule has 3 rings (SSSR count). The van der Waals surface area contributed by atoms with Crippen molar-refractivity contribution in [1.82, 2.24) is 9.88 Å². The van der Waals surface area contributed by atoms with Crippen LogP contribution in [0.1, 0.15) is 17.7 Å². The molecule has 3 nitrogen and oxygen atoms in total. The minimum absolute atomic E-state index is 0.735. The highest BCUT2D eigenvalue weighted by atomic mass is 32.1. The molecular formula is C16H21N3S. The first-order valence-corrected chi connectivity index (χ1v) is 8.09. The van der Waals surface area contributed by atoms with E-state index in [2.05, 4.69) is 28.1 Å². The van der Waals surface area contributed by atoms with Gasteiger partial charge in [-0.1, -0.05) is 6.07 Å². The molecule has 1 fully saturated rings. The largest absolute Gasteiger partial charge is 0.330 e. The monoisotopic (exact) mass is 287 g/mol. The fourth-order valence-corrected chi connectivity index (χ4v) is 3.74. The third-order valence-corrected chi connectivity index (χ3v) is 5.09. The fraction of sp³-hybridized carbons (Fsp3) is 0.438. The highest BCUT2D eigenvalue weighted by Crippen LogP contribution is 2.28. The summed E-state index contributed by atoms with van der Waals surface area (Å²) in [6, 6.07) is 10.5. The summed E-state index contributed by atoms with van der Waals surface area (Å²) in [6.45, 7) is 4.27. The van der Waals surface area contributed by atoms with Crippen LogP contribution in [0.4, 0.5) is 0 Å². The van der Waals surface area contributed by atoms with Crippen molar-refractivity contribution in [1.29, 1.82) is 0 Å². The molecule has 1 saturated heterocycles. The van der Waals surface area contributed by atoms with Gasteiger partial charge in [0.15, 0.2) is 0 Å². The van der Waals surface area contributed by atoms with Crippen molar-refractivity contribution < 1.29 is 0 Å². The molecule has 0 aromatic carbocycles. The van der Waals surface area contributed by atoms with Gasteiger partial charge in [-0.3, -0.25) is 9.88 Å². The summed E-state index contributed by atoms with van der Waals surface area (Å²) in [5.74, 6) is 0.735. The SMILES string of the molecule is NCC1CCN(Cc2ccc(-c3ccccn3)s2)CC1. The minimum Gasteiger partial charge on any atom is -0.330 e. The van der Waals surface area contributed by atoms with Gasteiger partial charge in [0.1, 0.15) is 0 Å². The molecule has 0 atom stereocenters. The number of hydrogen-bond donors (Lipinski definition) is 1. The summed E-state index contributed by atoms with van der Waals surface area (Å²) < 4.78 is 0. The molecule has 0 unspecified atom stereocenters. The van der Waals surface area contributed by atoms with Crippen molar-refractivity contribution in [3.63, 3.8) is 0 Å². The Morgan fingerprint density at radius 1 is 1.20 bits per heavy atom. The number of likely N-dealkylation sites (tertiary alicyclic amines) is 1. The molecule has 3 heterocycles. The van der Waals surface area contributed by atoms with E-state index in [1.165, 1.54) is 35.7 Å². The molecular weight excluding hydrogens is 266 g/mol. The second-order valence-corrected chi connectivity index (χ2v) is 6.60. The normalized spacial score (nSPS) is 17.4. The van der Waals surface area contributed by atoms with E-state index in [4.69, 9.17) is 5.73 Å². The number of pyridine rings is 1. The Hall–Kier alpha value is -1.23. The molecule has 0 saturated carbocycles. The Kier molecular flexibility index (Phi) is 4.45. The zero-order valence-corrected chi connectivity index (χ0v) is 12.5. The first-order chi connectivity index (χ1) is 9.85. The lowest BCUT2D eigenvalue weighted by Crippen LogP contribution is -2.35. The van der Waals surface area contributed by atoms with Gasteiger partial charge in [0.25, 0.3) is 0 Å². The summed E-state index contributed by atoms with van der Waals surface area (Å²) in [7, 11) is 0. The molecule has 0 bridgehead atoms. The smallest absolute Gasteiger partial charge is 0.0801 e. The van der Waals surface area contributed by atoms with Gasteiger partial charge in [-0.2, -0.15) is 0 Å². The Balaban J connectivity index is 1.61. The van der Waals surface area contributed by atoms with Crippen molar-refractivity contribution in [2.75, 3.05) is 19.6 Å². The third kappa shape index (κ3) is 3.26. The van der Waals surface area contributed by atoms with Crippen molar-refractivity contribution in [3.05, 3.63) is 41.4 Å². The van der Waals surface area contributed by atoms with Crippen molar-refractivity contribution in [2.24, 2.45) is 11.7 Å². The van der Waals surface area contributed by atoms with Gasteiger partial charge in [0.05, 0.1) is 10.6 Å². The lowest BCUT2D eigenvalue weighted by molar-refractivity contribution is 0.182. The van der Waals surface area contributed by atoms with Crippen molar-refractivity contribution >= 4 is 11.3 Å². The van der Waals surface area contributed by atoms with Gasteiger partial charge in [-0.05, 0) is 62.7 Å². The number of hydrogen-bond acceptors (Lipinski definition) is 4. The predicted molar refractivity (Wildman–Crippen MR) is 84.6 cm³/mol. The van der Waals surface area contributed by atoms with Crippen LogP contribution in [0.15, 0.2) is 36.5 Å². The molecule has 0 amide bonds. The van der Waals surface area contributed by atoms with Gasteiger partial charge in [0, 0.05) is 17.6 Å². The van der Waals surface area contributed by atoms with Crippen molar-refractivity contribution in [3.8, 4) is 10.6 Å². The number of nitrogens with two attached hydrogens (primary N) is 1. The second kappa shape index (κ2) is 6.48. The molecule has 20 heavy (non-hydrogen) atoms. The average molecular weight is 287 g/mol. The van der Waals surface area contributed by atoms with Crippen molar-refractivity contribution in [2.45, 2.75) is 19.4 Å². The quantitative estimate of drug-likeness (QED) is 0.940. The molecule has 0 aliphatic carbocycles. The van der Waals surface area contributed by atoms with Crippen LogP contribution in [-0.2, 0) is 6.54 Å². The molecule has 0 radical (unpaired) electrons. The summed E-state index contributed by atoms with van der Waals surface area (Å²) in [4.78, 5) is 9.64. The molecule has 2 aromatic heterocycles. The van der Waals surface area contributed by atoms with E-state index in [9.17, 15) is 0 Å². The van der Waals surface area contributed by atoms with E-state index in [1.54, 1.807) is 0 Å². The van der Waals surface area contributed by atoms with Crippen LogP contribution in [0.5, 0.6) is 0 Å².